The average molecular weight is 277 g/mol. The van der Waals surface area contributed by atoms with E-state index in [4.69, 9.17) is 0 Å². The van der Waals surface area contributed by atoms with Crippen molar-refractivity contribution in [3.8, 4) is 0 Å². The number of hydrogen-bond donors (Lipinski definition) is 2. The van der Waals surface area contributed by atoms with Gasteiger partial charge in [0.1, 0.15) is 0 Å². The average Bonchev–Trinajstić information content (AvgIpc) is 3.10. The molecule has 0 bridgehead atoms. The maximum atomic E-state index is 4.25. The molecule has 1 aromatic rings. The van der Waals surface area contributed by atoms with E-state index in [2.05, 4.69) is 20.7 Å². The number of nitrogens with one attached hydrogen (secondary N) is 2. The standard InChI is InChI=1S/C15H27N5/c1-16-15(18-12-14-9-11-19-20(14)2)17-10-5-8-13-6-3-4-7-13/h9,11,13H,3-8,10,12H2,1-2H3,(H2,16,17,18). The molecule has 0 saturated heterocycles. The van der Waals surface area contributed by atoms with Gasteiger partial charge >= 0.3 is 0 Å². The summed E-state index contributed by atoms with van der Waals surface area (Å²) < 4.78 is 1.88. The fraction of sp³-hybridized carbons (Fsp3) is 0.733. The third kappa shape index (κ3) is 4.54. The Labute approximate surface area is 121 Å². The molecule has 0 amide bonds. The van der Waals surface area contributed by atoms with Crippen LogP contribution in [0.5, 0.6) is 0 Å². The number of nitrogens with zero attached hydrogens (tertiary/aromatic N) is 3. The Morgan fingerprint density at radius 1 is 1.40 bits per heavy atom. The van der Waals surface area contributed by atoms with Crippen molar-refractivity contribution < 1.29 is 0 Å². The van der Waals surface area contributed by atoms with Crippen LogP contribution in [-0.2, 0) is 13.6 Å². The van der Waals surface area contributed by atoms with Gasteiger partial charge in [0.2, 0.25) is 0 Å². The van der Waals surface area contributed by atoms with E-state index in [1.165, 1.54) is 38.5 Å². The summed E-state index contributed by atoms with van der Waals surface area (Å²) >= 11 is 0. The van der Waals surface area contributed by atoms with Gasteiger partial charge in [0.05, 0.1) is 12.2 Å². The molecule has 1 heterocycles. The SMILES string of the molecule is CN=C(NCCCC1CCCC1)NCc1ccnn1C. The molecular formula is C15H27N5. The van der Waals surface area contributed by atoms with Crippen molar-refractivity contribution in [1.82, 2.24) is 20.4 Å². The van der Waals surface area contributed by atoms with E-state index in [0.29, 0.717) is 0 Å². The number of aliphatic imine (C=N–C) groups is 1. The highest BCUT2D eigenvalue weighted by Gasteiger charge is 2.13. The van der Waals surface area contributed by atoms with Crippen molar-refractivity contribution in [2.45, 2.75) is 45.1 Å². The van der Waals surface area contributed by atoms with E-state index in [9.17, 15) is 0 Å². The van der Waals surface area contributed by atoms with Crippen molar-refractivity contribution in [1.29, 1.82) is 0 Å². The summed E-state index contributed by atoms with van der Waals surface area (Å²) in [5.41, 5.74) is 1.15. The first-order valence-corrected chi connectivity index (χ1v) is 7.71. The Hall–Kier alpha value is -1.52. The smallest absolute Gasteiger partial charge is 0.191 e. The van der Waals surface area contributed by atoms with E-state index in [0.717, 1.165) is 30.7 Å². The Morgan fingerprint density at radius 3 is 2.85 bits per heavy atom. The van der Waals surface area contributed by atoms with Gasteiger partial charge in [-0.05, 0) is 24.8 Å². The van der Waals surface area contributed by atoms with Crippen LogP contribution in [0, 0.1) is 5.92 Å². The van der Waals surface area contributed by atoms with E-state index >= 15 is 0 Å². The molecule has 0 aliphatic heterocycles. The fourth-order valence-electron chi connectivity index (χ4n) is 2.87. The zero-order chi connectivity index (χ0) is 14.2. The Balaban J connectivity index is 1.61. The fourth-order valence-corrected chi connectivity index (χ4v) is 2.87. The lowest BCUT2D eigenvalue weighted by atomic mass is 10.0. The number of aryl methyl sites for hydroxylation is 1. The molecule has 1 saturated carbocycles. The summed E-state index contributed by atoms with van der Waals surface area (Å²) in [6.45, 7) is 1.75. The number of guanidine groups is 1. The van der Waals surface area contributed by atoms with Crippen LogP contribution in [0.2, 0.25) is 0 Å². The molecule has 2 N–H and O–H groups in total. The van der Waals surface area contributed by atoms with E-state index < -0.39 is 0 Å². The van der Waals surface area contributed by atoms with Gasteiger partial charge in [0, 0.05) is 26.8 Å². The van der Waals surface area contributed by atoms with Crippen LogP contribution in [0.1, 0.15) is 44.2 Å². The number of aromatic nitrogens is 2. The topological polar surface area (TPSA) is 54.2 Å². The van der Waals surface area contributed by atoms with Crippen molar-refractivity contribution in [3.05, 3.63) is 18.0 Å². The normalized spacial score (nSPS) is 16.6. The first-order valence-electron chi connectivity index (χ1n) is 7.71. The molecule has 5 nitrogen and oxygen atoms in total. The molecule has 112 valence electrons. The molecule has 0 radical (unpaired) electrons. The van der Waals surface area contributed by atoms with Crippen LogP contribution in [0.4, 0.5) is 0 Å². The highest BCUT2D eigenvalue weighted by atomic mass is 15.3. The van der Waals surface area contributed by atoms with Gasteiger partial charge in [-0.1, -0.05) is 25.7 Å². The van der Waals surface area contributed by atoms with Gasteiger partial charge in [-0.3, -0.25) is 9.67 Å². The Morgan fingerprint density at radius 2 is 2.20 bits per heavy atom. The second kappa shape index (κ2) is 7.92. The van der Waals surface area contributed by atoms with Gasteiger partial charge < -0.3 is 10.6 Å². The largest absolute Gasteiger partial charge is 0.356 e. The minimum Gasteiger partial charge on any atom is -0.356 e. The van der Waals surface area contributed by atoms with Gasteiger partial charge in [-0.25, -0.2) is 0 Å². The molecule has 20 heavy (non-hydrogen) atoms. The molecule has 1 fully saturated rings. The Kier molecular flexibility index (Phi) is 5.89. The predicted octanol–water partition coefficient (Wildman–Crippen LogP) is 2.06. The Bertz CT molecular complexity index is 418. The minimum atomic E-state index is 0.749. The van der Waals surface area contributed by atoms with Crippen LogP contribution < -0.4 is 10.6 Å². The van der Waals surface area contributed by atoms with Gasteiger partial charge in [0.15, 0.2) is 5.96 Å². The lowest BCUT2D eigenvalue weighted by Gasteiger charge is -2.13. The third-order valence-electron chi connectivity index (χ3n) is 4.14. The maximum Gasteiger partial charge on any atom is 0.191 e. The van der Waals surface area contributed by atoms with Crippen molar-refractivity contribution in [3.63, 3.8) is 0 Å². The maximum absolute atomic E-state index is 4.25. The monoisotopic (exact) mass is 277 g/mol. The minimum absolute atomic E-state index is 0.749. The quantitative estimate of drug-likeness (QED) is 0.475. The second-order valence-corrected chi connectivity index (χ2v) is 5.59. The summed E-state index contributed by atoms with van der Waals surface area (Å²) in [6, 6.07) is 2.01. The van der Waals surface area contributed by atoms with Crippen LogP contribution in [0.25, 0.3) is 0 Å². The molecular weight excluding hydrogens is 250 g/mol. The summed E-state index contributed by atoms with van der Waals surface area (Å²) in [7, 11) is 3.77. The van der Waals surface area contributed by atoms with Crippen molar-refractivity contribution >= 4 is 5.96 Å². The van der Waals surface area contributed by atoms with Crippen LogP contribution in [0.3, 0.4) is 0 Å². The van der Waals surface area contributed by atoms with Gasteiger partial charge in [-0.2, -0.15) is 5.10 Å². The molecule has 0 unspecified atom stereocenters. The van der Waals surface area contributed by atoms with Crippen LogP contribution in [0.15, 0.2) is 17.3 Å². The lowest BCUT2D eigenvalue weighted by Crippen LogP contribution is -2.37. The molecule has 1 aliphatic carbocycles. The summed E-state index contributed by atoms with van der Waals surface area (Å²) in [4.78, 5) is 4.25. The summed E-state index contributed by atoms with van der Waals surface area (Å²) in [6.07, 6.45) is 10.1. The lowest BCUT2D eigenvalue weighted by molar-refractivity contribution is 0.481. The van der Waals surface area contributed by atoms with E-state index in [-0.39, 0.29) is 0 Å². The molecule has 2 rings (SSSR count). The highest BCUT2D eigenvalue weighted by molar-refractivity contribution is 5.79. The summed E-state index contributed by atoms with van der Waals surface area (Å²) in [5, 5.41) is 10.9. The van der Waals surface area contributed by atoms with Gasteiger partial charge in [0.25, 0.3) is 0 Å². The first kappa shape index (κ1) is 14.9. The van der Waals surface area contributed by atoms with E-state index in [1.54, 1.807) is 0 Å². The first-order chi connectivity index (χ1) is 9.79. The summed E-state index contributed by atoms with van der Waals surface area (Å²) in [5.74, 6) is 1.85. The molecule has 1 aromatic heterocycles. The molecule has 5 heteroatoms. The molecule has 0 aromatic carbocycles. The van der Waals surface area contributed by atoms with Crippen LogP contribution >= 0.6 is 0 Å². The predicted molar refractivity (Wildman–Crippen MR) is 82.6 cm³/mol. The van der Waals surface area contributed by atoms with E-state index in [1.807, 2.05) is 31.0 Å². The van der Waals surface area contributed by atoms with Gasteiger partial charge in [-0.15, -0.1) is 0 Å². The number of rotatable bonds is 6. The number of hydrogen-bond acceptors (Lipinski definition) is 2. The zero-order valence-electron chi connectivity index (χ0n) is 12.7. The highest BCUT2D eigenvalue weighted by Crippen LogP contribution is 2.28. The molecule has 0 spiro atoms. The molecule has 1 aliphatic rings. The molecule has 0 atom stereocenters. The van der Waals surface area contributed by atoms with Crippen molar-refractivity contribution in [2.24, 2.45) is 18.0 Å². The van der Waals surface area contributed by atoms with Crippen LogP contribution in [-0.4, -0.2) is 29.3 Å². The second-order valence-electron chi connectivity index (χ2n) is 5.59. The third-order valence-corrected chi connectivity index (χ3v) is 4.14. The van der Waals surface area contributed by atoms with Crippen molar-refractivity contribution in [2.75, 3.05) is 13.6 Å². The zero-order valence-corrected chi connectivity index (χ0v) is 12.7.